The number of nitrogens with zero attached hydrogens (tertiary/aromatic N) is 3. The number of aliphatic carboxylic acids is 1. The molecule has 1 atom stereocenters. The Hall–Kier alpha value is -4.59. The lowest BCUT2D eigenvalue weighted by molar-refractivity contribution is -0.140. The van der Waals surface area contributed by atoms with Crippen molar-refractivity contribution in [3.05, 3.63) is 59.6 Å². The van der Waals surface area contributed by atoms with Crippen LogP contribution in [0.4, 0.5) is 10.5 Å². The summed E-state index contributed by atoms with van der Waals surface area (Å²) < 4.78 is 21.3. The van der Waals surface area contributed by atoms with Crippen molar-refractivity contribution in [3.8, 4) is 11.8 Å². The number of carbonyl (C=O) groups is 2. The largest absolute Gasteiger partial charge is 0.480 e. The second kappa shape index (κ2) is 7.83. The number of carboxylic acid groups (broad SMARTS) is 1. The number of nitrogens with one attached hydrogen (secondary N) is 1. The van der Waals surface area contributed by atoms with Crippen LogP contribution in [0.15, 0.2) is 49.9 Å². The van der Waals surface area contributed by atoms with Gasteiger partial charge >= 0.3 is 12.1 Å². The summed E-state index contributed by atoms with van der Waals surface area (Å²) in [7, 11) is 0. The zero-order chi connectivity index (χ0) is 23.0. The number of benzene rings is 1. The summed E-state index contributed by atoms with van der Waals surface area (Å²) in [5, 5.41) is 15.5. The fourth-order valence-corrected chi connectivity index (χ4v) is 3.17. The molecule has 1 saturated carbocycles. The molecule has 1 aromatic carbocycles. The van der Waals surface area contributed by atoms with Crippen LogP contribution in [-0.4, -0.2) is 32.3 Å². The van der Waals surface area contributed by atoms with Crippen molar-refractivity contribution in [2.24, 2.45) is 0 Å². The highest BCUT2D eigenvalue weighted by Crippen LogP contribution is 2.48. The van der Waals surface area contributed by atoms with E-state index in [0.29, 0.717) is 12.8 Å². The molecule has 11 nitrogen and oxygen atoms in total. The molecule has 4 aromatic rings. The van der Waals surface area contributed by atoms with Crippen molar-refractivity contribution in [1.29, 1.82) is 0 Å². The van der Waals surface area contributed by atoms with E-state index < -0.39 is 23.6 Å². The molecular weight excluding hydrogens is 432 g/mol. The van der Waals surface area contributed by atoms with Gasteiger partial charge in [-0.25, -0.2) is 4.79 Å². The number of rotatable bonds is 5. The molecule has 166 valence electrons. The monoisotopic (exact) mass is 448 g/mol. The number of amides is 1. The van der Waals surface area contributed by atoms with Crippen molar-refractivity contribution in [3.63, 3.8) is 0 Å². The number of hydrogen-bond donors (Lipinski definition) is 2. The summed E-state index contributed by atoms with van der Waals surface area (Å²) >= 11 is 0. The van der Waals surface area contributed by atoms with Crippen LogP contribution < -0.4 is 5.32 Å². The zero-order valence-electron chi connectivity index (χ0n) is 17.2. The predicted molar refractivity (Wildman–Crippen MR) is 110 cm³/mol. The second-order valence-corrected chi connectivity index (χ2v) is 7.44. The number of carbonyl (C=O) groups excluding carboxylic acids is 1. The summed E-state index contributed by atoms with van der Waals surface area (Å²) in [4.78, 5) is 31.8. The number of aromatic nitrogens is 3. The summed E-state index contributed by atoms with van der Waals surface area (Å²) in [5.74, 6) is 4.40. The molecule has 11 heteroatoms. The maximum absolute atomic E-state index is 12.2. The zero-order valence-corrected chi connectivity index (χ0v) is 17.2. The molecule has 1 fully saturated rings. The third-order valence-electron chi connectivity index (χ3n) is 5.19. The van der Waals surface area contributed by atoms with Crippen LogP contribution in [0.3, 0.4) is 0 Å². The summed E-state index contributed by atoms with van der Waals surface area (Å²) in [6.45, 7) is 1.75. The van der Waals surface area contributed by atoms with E-state index in [2.05, 4.69) is 32.3 Å². The van der Waals surface area contributed by atoms with Gasteiger partial charge in [-0.3, -0.25) is 10.1 Å². The quantitative estimate of drug-likeness (QED) is 0.433. The van der Waals surface area contributed by atoms with E-state index in [4.69, 9.17) is 18.1 Å². The minimum Gasteiger partial charge on any atom is -0.480 e. The highest BCUT2D eigenvalue weighted by Gasteiger charge is 2.56. The molecule has 33 heavy (non-hydrogen) atoms. The lowest BCUT2D eigenvalue weighted by Gasteiger charge is -2.13. The third-order valence-corrected chi connectivity index (χ3v) is 5.19. The SMILES string of the molecule is CC(OC(=O)Nc1cnoc1C#Cc1nc2oc(C3(C(=O)O)CC3)nc2o1)c1ccccc1. The molecule has 0 saturated heterocycles. The molecule has 1 amide bonds. The lowest BCUT2D eigenvalue weighted by Crippen LogP contribution is -2.19. The fourth-order valence-electron chi connectivity index (χ4n) is 3.17. The molecule has 1 aliphatic rings. The Kier molecular flexibility index (Phi) is 4.82. The van der Waals surface area contributed by atoms with Crippen LogP contribution >= 0.6 is 0 Å². The van der Waals surface area contributed by atoms with Crippen LogP contribution in [0.25, 0.3) is 11.4 Å². The summed E-state index contributed by atoms with van der Waals surface area (Å²) in [5.41, 5.74) is 0.0640. The normalized spacial score (nSPS) is 14.8. The maximum atomic E-state index is 12.2. The van der Waals surface area contributed by atoms with E-state index in [1.54, 1.807) is 6.92 Å². The number of fused-ring (bicyclic) bond motifs is 1. The third kappa shape index (κ3) is 3.89. The molecule has 3 heterocycles. The van der Waals surface area contributed by atoms with E-state index in [1.165, 1.54) is 6.20 Å². The summed E-state index contributed by atoms with van der Waals surface area (Å²) in [6.07, 6.45) is 1.03. The predicted octanol–water partition coefficient (Wildman–Crippen LogP) is 3.63. The molecule has 1 unspecified atom stereocenters. The Morgan fingerprint density at radius 1 is 1.15 bits per heavy atom. The first kappa shape index (κ1) is 20.3. The lowest BCUT2D eigenvalue weighted by atomic mass is 10.1. The minimum absolute atomic E-state index is 0.0226. The van der Waals surface area contributed by atoms with Gasteiger partial charge in [-0.05, 0) is 31.2 Å². The maximum Gasteiger partial charge on any atom is 0.412 e. The Bertz CT molecular complexity index is 1370. The van der Waals surface area contributed by atoms with Crippen molar-refractivity contribution < 1.29 is 32.8 Å². The van der Waals surface area contributed by atoms with Crippen LogP contribution in [0.5, 0.6) is 0 Å². The van der Waals surface area contributed by atoms with Gasteiger partial charge in [0.25, 0.3) is 17.3 Å². The van der Waals surface area contributed by atoms with E-state index in [0.717, 1.165) is 5.56 Å². The molecule has 0 radical (unpaired) electrons. The van der Waals surface area contributed by atoms with Crippen LogP contribution in [0, 0.1) is 11.8 Å². The van der Waals surface area contributed by atoms with E-state index in [1.807, 2.05) is 30.3 Å². The van der Waals surface area contributed by atoms with Gasteiger partial charge in [-0.1, -0.05) is 35.5 Å². The molecule has 0 aliphatic heterocycles. The smallest absolute Gasteiger partial charge is 0.412 e. The fraction of sp³-hybridized carbons (Fsp3) is 0.227. The second-order valence-electron chi connectivity index (χ2n) is 7.44. The van der Waals surface area contributed by atoms with Gasteiger partial charge in [-0.2, -0.15) is 9.97 Å². The molecule has 0 spiro atoms. The molecular formula is C22H16N4O7. The summed E-state index contributed by atoms with van der Waals surface area (Å²) in [6, 6.07) is 9.28. The van der Waals surface area contributed by atoms with Gasteiger partial charge < -0.3 is 23.2 Å². The van der Waals surface area contributed by atoms with Crippen molar-refractivity contribution in [2.75, 3.05) is 5.32 Å². The van der Waals surface area contributed by atoms with Crippen LogP contribution in [0.1, 0.15) is 49.0 Å². The molecule has 0 bridgehead atoms. The molecule has 1 aliphatic carbocycles. The van der Waals surface area contributed by atoms with Crippen LogP contribution in [0.2, 0.25) is 0 Å². The average Bonchev–Trinajstić information content (AvgIpc) is 3.12. The Balaban J connectivity index is 1.27. The first-order valence-electron chi connectivity index (χ1n) is 9.95. The number of anilines is 1. The highest BCUT2D eigenvalue weighted by molar-refractivity contribution is 5.86. The average molecular weight is 448 g/mol. The van der Waals surface area contributed by atoms with Gasteiger partial charge in [-0.15, -0.1) is 0 Å². The van der Waals surface area contributed by atoms with Gasteiger partial charge in [0.1, 0.15) is 17.2 Å². The van der Waals surface area contributed by atoms with E-state index >= 15 is 0 Å². The first-order chi connectivity index (χ1) is 15.9. The van der Waals surface area contributed by atoms with Gasteiger partial charge in [0, 0.05) is 5.92 Å². The number of hydrogen-bond acceptors (Lipinski definition) is 9. The Morgan fingerprint density at radius 3 is 2.61 bits per heavy atom. The Labute approximate surface area is 185 Å². The molecule has 3 aromatic heterocycles. The number of ether oxygens (including phenoxy) is 1. The number of oxazole rings is 2. The Morgan fingerprint density at radius 2 is 1.91 bits per heavy atom. The minimum atomic E-state index is -1.10. The molecule has 2 N–H and O–H groups in total. The standard InChI is InChI=1S/C22H16N4O7/c1-12(13-5-3-2-4-6-13)30-21(29)24-14-11-23-33-15(14)7-8-16-25-17-18(31-16)26-19(32-17)22(9-10-22)20(27)28/h2-6,11-12H,9-10H2,1H3,(H,24,29)(H,27,28). The highest BCUT2D eigenvalue weighted by atomic mass is 16.6. The van der Waals surface area contributed by atoms with Gasteiger partial charge in [0.05, 0.1) is 6.20 Å². The van der Waals surface area contributed by atoms with E-state index in [-0.39, 0.29) is 34.7 Å². The van der Waals surface area contributed by atoms with Gasteiger partial charge in [0.15, 0.2) is 0 Å². The van der Waals surface area contributed by atoms with Crippen molar-refractivity contribution in [2.45, 2.75) is 31.3 Å². The van der Waals surface area contributed by atoms with Gasteiger partial charge in [0.2, 0.25) is 11.7 Å². The van der Waals surface area contributed by atoms with Crippen LogP contribution in [-0.2, 0) is 14.9 Å². The first-order valence-corrected chi connectivity index (χ1v) is 9.95. The van der Waals surface area contributed by atoms with Crippen molar-refractivity contribution in [1.82, 2.24) is 15.1 Å². The number of carboxylic acids is 1. The van der Waals surface area contributed by atoms with Crippen molar-refractivity contribution >= 4 is 29.2 Å². The van der Waals surface area contributed by atoms with E-state index in [9.17, 15) is 14.7 Å². The molecule has 5 rings (SSSR count). The topological polar surface area (TPSA) is 154 Å².